The van der Waals surface area contributed by atoms with Crippen LogP contribution in [0.5, 0.6) is 0 Å². The molecule has 0 bridgehead atoms. The molecular weight excluding hydrogens is 410 g/mol. The number of aryl methyl sites for hydroxylation is 3. The summed E-state index contributed by atoms with van der Waals surface area (Å²) in [6.07, 6.45) is 1.33. The third-order valence-electron chi connectivity index (χ3n) is 5.62. The van der Waals surface area contributed by atoms with Crippen LogP contribution in [0.15, 0.2) is 58.5 Å². The fourth-order valence-electron chi connectivity index (χ4n) is 3.95. The van der Waals surface area contributed by atoms with E-state index in [9.17, 15) is 8.42 Å². The fourth-order valence-corrected chi connectivity index (χ4v) is 5.32. The number of aromatic nitrogens is 2. The maximum Gasteiger partial charge on any atom is 0.227 e. The molecule has 8 heteroatoms. The molecule has 0 aliphatic carbocycles. The summed E-state index contributed by atoms with van der Waals surface area (Å²) in [6.45, 7) is 9.20. The second kappa shape index (κ2) is 8.19. The summed E-state index contributed by atoms with van der Waals surface area (Å²) in [5.41, 5.74) is 10.7. The zero-order valence-corrected chi connectivity index (χ0v) is 18.9. The van der Waals surface area contributed by atoms with Crippen molar-refractivity contribution in [2.75, 3.05) is 41.7 Å². The molecule has 0 radical (unpaired) electrons. The largest absolute Gasteiger partial charge is 0.382 e. The van der Waals surface area contributed by atoms with E-state index < -0.39 is 9.84 Å². The molecule has 2 N–H and O–H groups in total. The van der Waals surface area contributed by atoms with Gasteiger partial charge in [-0.05, 0) is 50.1 Å². The van der Waals surface area contributed by atoms with Gasteiger partial charge in [-0.1, -0.05) is 29.8 Å². The standard InChI is InChI=1S/C23H27N5O2S/c1-16-5-4-6-19(14-16)31(29,30)21-15-25-23(26-22(21)24)28-11-9-27(10-12-28)20-8-7-17(2)13-18(20)3/h4-8,13-15H,9-12H2,1-3H3,(H2,24,25,26). The number of benzene rings is 2. The topological polar surface area (TPSA) is 92.4 Å². The second-order valence-electron chi connectivity index (χ2n) is 8.00. The van der Waals surface area contributed by atoms with Gasteiger partial charge < -0.3 is 15.5 Å². The van der Waals surface area contributed by atoms with E-state index >= 15 is 0 Å². The van der Waals surface area contributed by atoms with Gasteiger partial charge in [-0.2, -0.15) is 4.98 Å². The normalized spacial score (nSPS) is 14.7. The van der Waals surface area contributed by atoms with Gasteiger partial charge in [0.25, 0.3) is 0 Å². The molecule has 1 saturated heterocycles. The number of hydrogen-bond acceptors (Lipinski definition) is 7. The number of sulfone groups is 1. The lowest BCUT2D eigenvalue weighted by Gasteiger charge is -2.37. The van der Waals surface area contributed by atoms with Crippen molar-refractivity contribution in [2.45, 2.75) is 30.6 Å². The predicted molar refractivity (Wildman–Crippen MR) is 123 cm³/mol. The third kappa shape index (κ3) is 4.20. The van der Waals surface area contributed by atoms with E-state index in [1.165, 1.54) is 23.0 Å². The number of nitrogens with two attached hydrogens (primary N) is 1. The minimum atomic E-state index is -3.77. The number of nitrogens with zero attached hydrogens (tertiary/aromatic N) is 4. The first-order valence-corrected chi connectivity index (χ1v) is 11.8. The maximum absolute atomic E-state index is 13.0. The highest BCUT2D eigenvalue weighted by atomic mass is 32.2. The van der Waals surface area contributed by atoms with E-state index in [1.807, 2.05) is 17.9 Å². The van der Waals surface area contributed by atoms with Crippen LogP contribution in [0.25, 0.3) is 0 Å². The van der Waals surface area contributed by atoms with Crippen molar-refractivity contribution in [1.82, 2.24) is 9.97 Å². The van der Waals surface area contributed by atoms with Gasteiger partial charge in [0.2, 0.25) is 15.8 Å². The highest BCUT2D eigenvalue weighted by Crippen LogP contribution is 2.27. The molecule has 2 heterocycles. The average Bonchev–Trinajstić information content (AvgIpc) is 2.74. The molecule has 31 heavy (non-hydrogen) atoms. The summed E-state index contributed by atoms with van der Waals surface area (Å²) in [5.74, 6) is 0.435. The molecule has 1 aliphatic heterocycles. The second-order valence-corrected chi connectivity index (χ2v) is 9.92. The Labute approximate surface area is 183 Å². The van der Waals surface area contributed by atoms with Crippen LogP contribution < -0.4 is 15.5 Å². The number of nitrogen functional groups attached to an aromatic ring is 1. The van der Waals surface area contributed by atoms with Gasteiger partial charge in [-0.3, -0.25) is 0 Å². The van der Waals surface area contributed by atoms with Crippen LogP contribution in [-0.4, -0.2) is 44.6 Å². The molecule has 2 aromatic carbocycles. The third-order valence-corrected chi connectivity index (χ3v) is 7.38. The molecule has 1 aromatic heterocycles. The van der Waals surface area contributed by atoms with Crippen molar-refractivity contribution in [3.63, 3.8) is 0 Å². The minimum absolute atomic E-state index is 0.0247. The monoisotopic (exact) mass is 437 g/mol. The number of hydrogen-bond donors (Lipinski definition) is 1. The molecule has 4 rings (SSSR count). The van der Waals surface area contributed by atoms with Gasteiger partial charge in [0.05, 0.1) is 11.1 Å². The Morgan fingerprint density at radius 2 is 1.58 bits per heavy atom. The van der Waals surface area contributed by atoms with Crippen LogP contribution in [0.1, 0.15) is 16.7 Å². The van der Waals surface area contributed by atoms with Crippen molar-refractivity contribution < 1.29 is 8.42 Å². The van der Waals surface area contributed by atoms with Crippen molar-refractivity contribution in [3.05, 3.63) is 65.4 Å². The average molecular weight is 438 g/mol. The van der Waals surface area contributed by atoms with Gasteiger partial charge in [0, 0.05) is 31.9 Å². The van der Waals surface area contributed by atoms with Crippen molar-refractivity contribution >= 4 is 27.3 Å². The number of rotatable bonds is 4. The van der Waals surface area contributed by atoms with Crippen molar-refractivity contribution in [1.29, 1.82) is 0 Å². The Balaban J connectivity index is 1.51. The van der Waals surface area contributed by atoms with E-state index in [2.05, 4.69) is 46.9 Å². The summed E-state index contributed by atoms with van der Waals surface area (Å²) in [5, 5.41) is 0. The predicted octanol–water partition coefficient (Wildman–Crippen LogP) is 3.14. The highest BCUT2D eigenvalue weighted by Gasteiger charge is 2.25. The number of anilines is 3. The van der Waals surface area contributed by atoms with Gasteiger partial charge in [-0.25, -0.2) is 13.4 Å². The van der Waals surface area contributed by atoms with Crippen LogP contribution in [-0.2, 0) is 9.84 Å². The Hall–Kier alpha value is -3.13. The molecule has 162 valence electrons. The molecule has 0 spiro atoms. The van der Waals surface area contributed by atoms with Crippen molar-refractivity contribution in [3.8, 4) is 0 Å². The lowest BCUT2D eigenvalue weighted by atomic mass is 10.1. The smallest absolute Gasteiger partial charge is 0.227 e. The molecule has 0 saturated carbocycles. The highest BCUT2D eigenvalue weighted by molar-refractivity contribution is 7.91. The maximum atomic E-state index is 13.0. The lowest BCUT2D eigenvalue weighted by molar-refractivity contribution is 0.595. The van der Waals surface area contributed by atoms with Crippen LogP contribution in [0.3, 0.4) is 0 Å². The Morgan fingerprint density at radius 1 is 0.903 bits per heavy atom. The van der Waals surface area contributed by atoms with E-state index in [-0.39, 0.29) is 15.6 Å². The van der Waals surface area contributed by atoms with Crippen LogP contribution in [0.2, 0.25) is 0 Å². The van der Waals surface area contributed by atoms with Gasteiger partial charge in [0.15, 0.2) is 0 Å². The van der Waals surface area contributed by atoms with Crippen molar-refractivity contribution in [2.24, 2.45) is 0 Å². The SMILES string of the molecule is Cc1cccc(S(=O)(=O)c2cnc(N3CCN(c4ccc(C)cc4C)CC3)nc2N)c1. The Bertz CT molecular complexity index is 1220. The van der Waals surface area contributed by atoms with E-state index in [4.69, 9.17) is 5.73 Å². The molecule has 0 amide bonds. The fraction of sp³-hybridized carbons (Fsp3) is 0.304. The zero-order valence-electron chi connectivity index (χ0n) is 18.0. The summed E-state index contributed by atoms with van der Waals surface area (Å²) in [4.78, 5) is 13.2. The summed E-state index contributed by atoms with van der Waals surface area (Å²) < 4.78 is 25.9. The number of piperazine rings is 1. The van der Waals surface area contributed by atoms with Crippen LogP contribution in [0.4, 0.5) is 17.5 Å². The van der Waals surface area contributed by atoms with Crippen LogP contribution in [0, 0.1) is 20.8 Å². The summed E-state index contributed by atoms with van der Waals surface area (Å²) in [6, 6.07) is 13.2. The summed E-state index contributed by atoms with van der Waals surface area (Å²) >= 11 is 0. The molecule has 0 unspecified atom stereocenters. The van der Waals surface area contributed by atoms with E-state index in [1.54, 1.807) is 18.2 Å². The molecule has 1 fully saturated rings. The van der Waals surface area contributed by atoms with E-state index in [0.717, 1.165) is 31.7 Å². The lowest BCUT2D eigenvalue weighted by Crippen LogP contribution is -2.47. The molecule has 0 atom stereocenters. The molecule has 7 nitrogen and oxygen atoms in total. The van der Waals surface area contributed by atoms with Gasteiger partial charge in [0.1, 0.15) is 10.7 Å². The minimum Gasteiger partial charge on any atom is -0.382 e. The van der Waals surface area contributed by atoms with Crippen LogP contribution >= 0.6 is 0 Å². The summed E-state index contributed by atoms with van der Waals surface area (Å²) in [7, 11) is -3.77. The molecule has 3 aromatic rings. The molecule has 1 aliphatic rings. The van der Waals surface area contributed by atoms with E-state index in [0.29, 0.717) is 5.95 Å². The Morgan fingerprint density at radius 3 is 2.23 bits per heavy atom. The first kappa shape index (κ1) is 21.1. The quantitative estimate of drug-likeness (QED) is 0.670. The van der Waals surface area contributed by atoms with Gasteiger partial charge >= 0.3 is 0 Å². The van der Waals surface area contributed by atoms with Gasteiger partial charge in [-0.15, -0.1) is 0 Å². The zero-order chi connectivity index (χ0) is 22.2. The first-order valence-electron chi connectivity index (χ1n) is 10.3. The molecular formula is C23H27N5O2S. The Kier molecular flexibility index (Phi) is 5.58. The first-order chi connectivity index (χ1) is 14.8.